The maximum Gasteiger partial charge on any atom is 0.124 e. The smallest absolute Gasteiger partial charge is 0.124 e. The van der Waals surface area contributed by atoms with Crippen LogP contribution in [-0.2, 0) is 4.74 Å². The van der Waals surface area contributed by atoms with Crippen LogP contribution in [0.25, 0.3) is 22.4 Å². The summed E-state index contributed by atoms with van der Waals surface area (Å²) in [6, 6.07) is 17.3. The Hall–Kier alpha value is -1.95. The van der Waals surface area contributed by atoms with Crippen molar-refractivity contribution in [3.8, 4) is 22.4 Å². The van der Waals surface area contributed by atoms with Gasteiger partial charge in [-0.1, -0.05) is 52.3 Å². The third-order valence-corrected chi connectivity index (χ3v) is 5.84. The molecule has 5 heteroatoms. The van der Waals surface area contributed by atoms with Crippen LogP contribution in [0.2, 0.25) is 0 Å². The topological polar surface area (TPSA) is 41.1 Å². The third-order valence-electron chi connectivity index (χ3n) is 5.31. The summed E-state index contributed by atoms with van der Waals surface area (Å²) < 4.78 is 7.09. The van der Waals surface area contributed by atoms with Crippen molar-refractivity contribution in [2.24, 2.45) is 0 Å². The van der Waals surface area contributed by atoms with Crippen LogP contribution < -0.4 is 0 Å². The number of hydrogen-bond donors (Lipinski definition) is 1. The number of halogens is 1. The van der Waals surface area contributed by atoms with Crippen LogP contribution in [0.3, 0.4) is 0 Å². The number of rotatable bonds is 5. The van der Waals surface area contributed by atoms with Crippen LogP contribution in [0, 0.1) is 0 Å². The van der Waals surface area contributed by atoms with E-state index < -0.39 is 0 Å². The molecule has 3 aromatic rings. The minimum absolute atomic E-state index is 0.127. The molecule has 1 aliphatic rings. The van der Waals surface area contributed by atoms with Gasteiger partial charge in [-0.05, 0) is 62.4 Å². The fourth-order valence-electron chi connectivity index (χ4n) is 3.70. The second-order valence-corrected chi connectivity index (χ2v) is 9.54. The van der Waals surface area contributed by atoms with Crippen molar-refractivity contribution in [1.29, 1.82) is 0 Å². The standard InChI is InChI=1S/C24H28BrN3O/c1-24(2,3)29-16-28-14-4-5-22(28)23-26-15-21(27-23)19-8-6-17(7-9-19)18-10-12-20(25)13-11-18/h6-13,15,22H,4-5,14,16H2,1-3H3,(H,26,27). The molecule has 152 valence electrons. The number of aromatic amines is 1. The fraction of sp³-hybridized carbons (Fsp3) is 0.375. The van der Waals surface area contributed by atoms with E-state index in [1.807, 2.05) is 6.20 Å². The van der Waals surface area contributed by atoms with Gasteiger partial charge in [-0.3, -0.25) is 4.90 Å². The van der Waals surface area contributed by atoms with Gasteiger partial charge in [-0.15, -0.1) is 0 Å². The molecule has 1 aromatic heterocycles. The SMILES string of the molecule is CC(C)(C)OCN1CCCC1c1ncc(-c2ccc(-c3ccc(Br)cc3)cc2)[nH]1. The number of H-pyrrole nitrogens is 1. The predicted octanol–water partition coefficient (Wildman–Crippen LogP) is 6.42. The molecule has 0 aliphatic carbocycles. The van der Waals surface area contributed by atoms with Crippen molar-refractivity contribution >= 4 is 15.9 Å². The normalized spacial score (nSPS) is 17.7. The Morgan fingerprint density at radius 2 is 1.66 bits per heavy atom. The zero-order chi connectivity index (χ0) is 20.4. The van der Waals surface area contributed by atoms with Crippen LogP contribution in [-0.4, -0.2) is 33.7 Å². The van der Waals surface area contributed by atoms with Gasteiger partial charge in [0.1, 0.15) is 12.6 Å². The van der Waals surface area contributed by atoms with Crippen LogP contribution in [0.4, 0.5) is 0 Å². The van der Waals surface area contributed by atoms with Crippen LogP contribution in [0.15, 0.2) is 59.2 Å². The highest BCUT2D eigenvalue weighted by molar-refractivity contribution is 9.10. The van der Waals surface area contributed by atoms with E-state index in [-0.39, 0.29) is 5.60 Å². The maximum atomic E-state index is 6.00. The molecular weight excluding hydrogens is 426 g/mol. The second-order valence-electron chi connectivity index (χ2n) is 8.62. The molecule has 4 rings (SSSR count). The molecule has 0 radical (unpaired) electrons. The van der Waals surface area contributed by atoms with Gasteiger partial charge in [-0.25, -0.2) is 4.98 Å². The molecule has 1 unspecified atom stereocenters. The number of nitrogens with zero attached hydrogens (tertiary/aromatic N) is 2. The first kappa shape index (κ1) is 20.3. The number of hydrogen-bond acceptors (Lipinski definition) is 3. The number of aromatic nitrogens is 2. The zero-order valence-corrected chi connectivity index (χ0v) is 18.9. The molecule has 0 saturated carbocycles. The molecule has 0 bridgehead atoms. The van der Waals surface area contributed by atoms with Crippen LogP contribution in [0.5, 0.6) is 0 Å². The lowest BCUT2D eigenvalue weighted by atomic mass is 10.0. The van der Waals surface area contributed by atoms with Gasteiger partial charge in [0.2, 0.25) is 0 Å². The Morgan fingerprint density at radius 3 is 2.31 bits per heavy atom. The average Bonchev–Trinajstić information content (AvgIpc) is 3.36. The van der Waals surface area contributed by atoms with Crippen molar-refractivity contribution in [1.82, 2.24) is 14.9 Å². The number of imidazole rings is 1. The van der Waals surface area contributed by atoms with E-state index in [2.05, 4.69) is 95.1 Å². The average molecular weight is 454 g/mol. The molecule has 0 spiro atoms. The maximum absolute atomic E-state index is 6.00. The molecule has 1 atom stereocenters. The Balaban J connectivity index is 1.48. The molecule has 1 fully saturated rings. The Labute approximate surface area is 181 Å². The summed E-state index contributed by atoms with van der Waals surface area (Å²) in [7, 11) is 0. The van der Waals surface area contributed by atoms with E-state index in [4.69, 9.17) is 9.72 Å². The first-order valence-corrected chi connectivity index (χ1v) is 11.0. The molecule has 0 amide bonds. The summed E-state index contributed by atoms with van der Waals surface area (Å²) in [6.07, 6.45) is 4.24. The molecular formula is C24H28BrN3O. The largest absolute Gasteiger partial charge is 0.360 e. The highest BCUT2D eigenvalue weighted by atomic mass is 79.9. The summed E-state index contributed by atoms with van der Waals surface area (Å²) in [6.45, 7) is 7.99. The monoisotopic (exact) mass is 453 g/mol. The molecule has 2 heterocycles. The Kier molecular flexibility index (Phi) is 5.91. The lowest BCUT2D eigenvalue weighted by molar-refractivity contribution is -0.0682. The minimum atomic E-state index is -0.127. The minimum Gasteiger partial charge on any atom is -0.360 e. The van der Waals surface area contributed by atoms with E-state index >= 15 is 0 Å². The third kappa shape index (κ3) is 4.97. The fourth-order valence-corrected chi connectivity index (χ4v) is 3.97. The number of nitrogens with one attached hydrogen (secondary N) is 1. The van der Waals surface area contributed by atoms with Gasteiger partial charge in [-0.2, -0.15) is 0 Å². The summed E-state index contributed by atoms with van der Waals surface area (Å²) in [4.78, 5) is 10.6. The summed E-state index contributed by atoms with van der Waals surface area (Å²) >= 11 is 3.49. The lowest BCUT2D eigenvalue weighted by Gasteiger charge is -2.27. The van der Waals surface area contributed by atoms with E-state index in [0.717, 1.165) is 34.5 Å². The molecule has 1 aliphatic heterocycles. The van der Waals surface area contributed by atoms with E-state index in [1.54, 1.807) is 0 Å². The van der Waals surface area contributed by atoms with Crippen LogP contribution in [0.1, 0.15) is 45.5 Å². The van der Waals surface area contributed by atoms with E-state index in [9.17, 15) is 0 Å². The quantitative estimate of drug-likeness (QED) is 0.484. The van der Waals surface area contributed by atoms with Crippen molar-refractivity contribution < 1.29 is 4.74 Å². The first-order valence-electron chi connectivity index (χ1n) is 10.2. The van der Waals surface area contributed by atoms with Crippen molar-refractivity contribution in [3.05, 3.63) is 65.0 Å². The number of likely N-dealkylation sites (tertiary alicyclic amines) is 1. The second kappa shape index (κ2) is 8.42. The van der Waals surface area contributed by atoms with Gasteiger partial charge >= 0.3 is 0 Å². The van der Waals surface area contributed by atoms with Gasteiger partial charge in [0, 0.05) is 11.0 Å². The highest BCUT2D eigenvalue weighted by Crippen LogP contribution is 2.32. The van der Waals surface area contributed by atoms with Gasteiger partial charge in [0.15, 0.2) is 0 Å². The lowest BCUT2D eigenvalue weighted by Crippen LogP contribution is -2.32. The zero-order valence-electron chi connectivity index (χ0n) is 17.3. The van der Waals surface area contributed by atoms with Crippen molar-refractivity contribution in [2.75, 3.05) is 13.3 Å². The van der Waals surface area contributed by atoms with Crippen LogP contribution >= 0.6 is 15.9 Å². The molecule has 29 heavy (non-hydrogen) atoms. The number of benzene rings is 2. The van der Waals surface area contributed by atoms with Crippen molar-refractivity contribution in [2.45, 2.75) is 45.3 Å². The van der Waals surface area contributed by atoms with Gasteiger partial charge in [0.25, 0.3) is 0 Å². The van der Waals surface area contributed by atoms with Gasteiger partial charge in [0.05, 0.1) is 23.5 Å². The molecule has 1 N–H and O–H groups in total. The predicted molar refractivity (Wildman–Crippen MR) is 122 cm³/mol. The highest BCUT2D eigenvalue weighted by Gasteiger charge is 2.29. The molecule has 2 aromatic carbocycles. The van der Waals surface area contributed by atoms with Crippen molar-refractivity contribution in [3.63, 3.8) is 0 Å². The number of ether oxygens (including phenoxy) is 1. The Morgan fingerprint density at radius 1 is 1.03 bits per heavy atom. The van der Waals surface area contributed by atoms with Gasteiger partial charge < -0.3 is 9.72 Å². The first-order chi connectivity index (χ1) is 13.9. The molecule has 1 saturated heterocycles. The van der Waals surface area contributed by atoms with E-state index in [0.29, 0.717) is 12.8 Å². The van der Waals surface area contributed by atoms with E-state index in [1.165, 1.54) is 17.5 Å². The summed E-state index contributed by atoms with van der Waals surface area (Å²) in [5.41, 5.74) is 4.51. The molecule has 4 nitrogen and oxygen atoms in total. The summed E-state index contributed by atoms with van der Waals surface area (Å²) in [5.74, 6) is 1.03. The Bertz CT molecular complexity index is 942. The summed E-state index contributed by atoms with van der Waals surface area (Å²) in [5, 5.41) is 0.